The number of halogens is 1. The van der Waals surface area contributed by atoms with Crippen LogP contribution in [0.2, 0.25) is 0 Å². The summed E-state index contributed by atoms with van der Waals surface area (Å²) in [6, 6.07) is 1.16. The molecule has 4 nitrogen and oxygen atoms in total. The maximum absolute atomic E-state index is 13.5. The standard InChI is InChI=1S/C14H23FN2O2S/c1-9(2)6-5-7-17-20(18,19)14-10(3)8-12(15)13(16)11(14)4/h8-9,17H,5-7,16H2,1-4H3. The van der Waals surface area contributed by atoms with Crippen molar-refractivity contribution >= 4 is 15.7 Å². The lowest BCUT2D eigenvalue weighted by Crippen LogP contribution is -2.27. The second-order valence-electron chi connectivity index (χ2n) is 5.48. The van der Waals surface area contributed by atoms with Crippen molar-refractivity contribution in [3.8, 4) is 0 Å². The molecule has 114 valence electrons. The Morgan fingerprint density at radius 1 is 1.35 bits per heavy atom. The molecule has 0 fully saturated rings. The molecule has 0 radical (unpaired) electrons. The summed E-state index contributed by atoms with van der Waals surface area (Å²) in [5.41, 5.74) is 6.09. The van der Waals surface area contributed by atoms with Gasteiger partial charge in [0, 0.05) is 6.54 Å². The van der Waals surface area contributed by atoms with Crippen LogP contribution in [0.15, 0.2) is 11.0 Å². The number of aryl methyl sites for hydroxylation is 1. The number of benzene rings is 1. The number of sulfonamides is 1. The third kappa shape index (κ3) is 3.93. The molecule has 0 spiro atoms. The quantitative estimate of drug-likeness (QED) is 0.627. The first-order valence-electron chi connectivity index (χ1n) is 6.71. The first kappa shape index (κ1) is 16.9. The Morgan fingerprint density at radius 2 is 1.95 bits per heavy atom. The maximum atomic E-state index is 13.5. The van der Waals surface area contributed by atoms with E-state index in [0.717, 1.165) is 18.9 Å². The number of nitrogens with two attached hydrogens (primary N) is 1. The van der Waals surface area contributed by atoms with E-state index >= 15 is 0 Å². The lowest BCUT2D eigenvalue weighted by atomic mass is 10.1. The number of anilines is 1. The van der Waals surface area contributed by atoms with Crippen LogP contribution in [0.4, 0.5) is 10.1 Å². The number of hydrogen-bond acceptors (Lipinski definition) is 3. The minimum atomic E-state index is -3.66. The Hall–Kier alpha value is -1.14. The molecule has 0 atom stereocenters. The molecule has 1 aromatic rings. The Bertz CT molecular complexity index is 583. The summed E-state index contributed by atoms with van der Waals surface area (Å²) in [6.45, 7) is 7.63. The highest BCUT2D eigenvalue weighted by Gasteiger charge is 2.22. The Kier molecular flexibility index (Phi) is 5.53. The van der Waals surface area contributed by atoms with Gasteiger partial charge in [0.1, 0.15) is 5.82 Å². The van der Waals surface area contributed by atoms with E-state index in [2.05, 4.69) is 18.6 Å². The van der Waals surface area contributed by atoms with Crippen molar-refractivity contribution < 1.29 is 12.8 Å². The van der Waals surface area contributed by atoms with E-state index in [1.165, 1.54) is 6.92 Å². The Morgan fingerprint density at radius 3 is 2.50 bits per heavy atom. The highest BCUT2D eigenvalue weighted by molar-refractivity contribution is 7.89. The number of nitrogen functional groups attached to an aromatic ring is 1. The zero-order chi connectivity index (χ0) is 15.5. The van der Waals surface area contributed by atoms with Crippen LogP contribution >= 0.6 is 0 Å². The van der Waals surface area contributed by atoms with Crippen LogP contribution in [0.5, 0.6) is 0 Å². The molecular formula is C14H23FN2O2S. The van der Waals surface area contributed by atoms with Crippen molar-refractivity contribution in [1.29, 1.82) is 0 Å². The molecule has 0 aliphatic carbocycles. The largest absolute Gasteiger partial charge is 0.396 e. The fraction of sp³-hybridized carbons (Fsp3) is 0.571. The highest BCUT2D eigenvalue weighted by Crippen LogP contribution is 2.27. The van der Waals surface area contributed by atoms with E-state index in [1.807, 2.05) is 0 Å². The second-order valence-corrected chi connectivity index (χ2v) is 7.18. The lowest BCUT2D eigenvalue weighted by molar-refractivity contribution is 0.539. The van der Waals surface area contributed by atoms with Gasteiger partial charge in [-0.05, 0) is 49.8 Å². The molecule has 0 bridgehead atoms. The van der Waals surface area contributed by atoms with Crippen molar-refractivity contribution in [1.82, 2.24) is 4.72 Å². The minimum Gasteiger partial charge on any atom is -0.396 e. The molecule has 0 aliphatic heterocycles. The molecule has 0 unspecified atom stereocenters. The number of rotatable bonds is 6. The molecule has 20 heavy (non-hydrogen) atoms. The summed E-state index contributed by atoms with van der Waals surface area (Å²) in [5.74, 6) is -0.0526. The van der Waals surface area contributed by atoms with Crippen LogP contribution in [-0.4, -0.2) is 15.0 Å². The van der Waals surface area contributed by atoms with E-state index in [4.69, 9.17) is 5.73 Å². The second kappa shape index (κ2) is 6.54. The van der Waals surface area contributed by atoms with Crippen molar-refractivity contribution in [2.45, 2.75) is 45.4 Å². The normalized spacial score (nSPS) is 12.1. The van der Waals surface area contributed by atoms with Gasteiger partial charge in [-0.25, -0.2) is 17.5 Å². The zero-order valence-electron chi connectivity index (χ0n) is 12.5. The van der Waals surface area contributed by atoms with Gasteiger partial charge in [0.25, 0.3) is 0 Å². The fourth-order valence-electron chi connectivity index (χ4n) is 2.13. The number of hydrogen-bond donors (Lipinski definition) is 2. The molecule has 0 aromatic heterocycles. The van der Waals surface area contributed by atoms with E-state index in [0.29, 0.717) is 18.0 Å². The van der Waals surface area contributed by atoms with Gasteiger partial charge in [-0.3, -0.25) is 0 Å². The minimum absolute atomic E-state index is 0.0842. The Labute approximate surface area is 120 Å². The van der Waals surface area contributed by atoms with E-state index in [1.54, 1.807) is 6.92 Å². The molecule has 0 saturated heterocycles. The first-order chi connectivity index (χ1) is 9.16. The average Bonchev–Trinajstić information content (AvgIpc) is 2.31. The van der Waals surface area contributed by atoms with Crippen LogP contribution in [0.25, 0.3) is 0 Å². The smallest absolute Gasteiger partial charge is 0.241 e. The Balaban J connectivity index is 2.96. The monoisotopic (exact) mass is 302 g/mol. The van der Waals surface area contributed by atoms with Crippen LogP contribution in [0.1, 0.15) is 37.8 Å². The van der Waals surface area contributed by atoms with Gasteiger partial charge >= 0.3 is 0 Å². The summed E-state index contributed by atoms with van der Waals surface area (Å²) in [7, 11) is -3.66. The van der Waals surface area contributed by atoms with Crippen molar-refractivity contribution in [3.05, 3.63) is 23.0 Å². The van der Waals surface area contributed by atoms with Crippen LogP contribution < -0.4 is 10.5 Å². The predicted molar refractivity (Wildman–Crippen MR) is 79.5 cm³/mol. The van der Waals surface area contributed by atoms with Gasteiger partial charge in [-0.15, -0.1) is 0 Å². The van der Waals surface area contributed by atoms with Crippen LogP contribution in [-0.2, 0) is 10.0 Å². The van der Waals surface area contributed by atoms with Crippen LogP contribution in [0, 0.1) is 25.6 Å². The SMILES string of the molecule is Cc1cc(F)c(N)c(C)c1S(=O)(=O)NCCCC(C)C. The summed E-state index contributed by atoms with van der Waals surface area (Å²) in [4.78, 5) is 0.0842. The topological polar surface area (TPSA) is 72.2 Å². The maximum Gasteiger partial charge on any atom is 0.241 e. The van der Waals surface area contributed by atoms with Gasteiger partial charge in [-0.1, -0.05) is 13.8 Å². The highest BCUT2D eigenvalue weighted by atomic mass is 32.2. The first-order valence-corrected chi connectivity index (χ1v) is 8.20. The lowest BCUT2D eigenvalue weighted by Gasteiger charge is -2.14. The summed E-state index contributed by atoms with van der Waals surface area (Å²) < 4.78 is 40.6. The average molecular weight is 302 g/mol. The predicted octanol–water partition coefficient (Wildman–Crippen LogP) is 2.74. The van der Waals surface area contributed by atoms with E-state index in [9.17, 15) is 12.8 Å². The van der Waals surface area contributed by atoms with E-state index < -0.39 is 15.8 Å². The fourth-order valence-corrected chi connectivity index (χ4v) is 3.69. The van der Waals surface area contributed by atoms with Crippen molar-refractivity contribution in [2.75, 3.05) is 12.3 Å². The third-order valence-corrected chi connectivity index (χ3v) is 4.97. The van der Waals surface area contributed by atoms with Crippen molar-refractivity contribution in [2.24, 2.45) is 5.92 Å². The third-order valence-electron chi connectivity index (χ3n) is 3.22. The van der Waals surface area contributed by atoms with Crippen LogP contribution in [0.3, 0.4) is 0 Å². The van der Waals surface area contributed by atoms with Gasteiger partial charge in [-0.2, -0.15) is 0 Å². The molecule has 0 amide bonds. The molecule has 0 heterocycles. The van der Waals surface area contributed by atoms with Gasteiger partial charge in [0.15, 0.2) is 0 Å². The molecule has 3 N–H and O–H groups in total. The van der Waals surface area contributed by atoms with Gasteiger partial charge in [0.2, 0.25) is 10.0 Å². The van der Waals surface area contributed by atoms with Crippen molar-refractivity contribution in [3.63, 3.8) is 0 Å². The van der Waals surface area contributed by atoms with Gasteiger partial charge < -0.3 is 5.73 Å². The molecule has 0 aliphatic rings. The number of nitrogens with one attached hydrogen (secondary N) is 1. The summed E-state index contributed by atoms with van der Waals surface area (Å²) >= 11 is 0. The molecular weight excluding hydrogens is 279 g/mol. The molecule has 6 heteroatoms. The van der Waals surface area contributed by atoms with Gasteiger partial charge in [0.05, 0.1) is 10.6 Å². The summed E-state index contributed by atoms with van der Waals surface area (Å²) in [5, 5.41) is 0. The molecule has 1 rings (SSSR count). The zero-order valence-corrected chi connectivity index (χ0v) is 13.3. The molecule has 1 aromatic carbocycles. The molecule has 0 saturated carbocycles. The van der Waals surface area contributed by atoms with E-state index in [-0.39, 0.29) is 16.1 Å². The summed E-state index contributed by atoms with van der Waals surface area (Å²) in [6.07, 6.45) is 1.72.